The van der Waals surface area contributed by atoms with E-state index in [1.807, 2.05) is 23.1 Å². The summed E-state index contributed by atoms with van der Waals surface area (Å²) in [6.07, 6.45) is 2.54. The number of amides is 1. The van der Waals surface area contributed by atoms with E-state index in [1.54, 1.807) is 23.9 Å². The van der Waals surface area contributed by atoms with Gasteiger partial charge in [-0.3, -0.25) is 4.79 Å². The average molecular weight is 388 g/mol. The molecule has 0 saturated carbocycles. The lowest BCUT2D eigenvalue weighted by Crippen LogP contribution is -2.39. The highest BCUT2D eigenvalue weighted by Gasteiger charge is 2.22. The smallest absolute Gasteiger partial charge is 0.223 e. The summed E-state index contributed by atoms with van der Waals surface area (Å²) in [4.78, 5) is 15.3. The molecule has 0 spiro atoms. The third-order valence-corrected chi connectivity index (χ3v) is 5.84. The molecule has 0 atom stereocenters. The van der Waals surface area contributed by atoms with Gasteiger partial charge in [0.25, 0.3) is 0 Å². The van der Waals surface area contributed by atoms with Crippen LogP contribution in [0.5, 0.6) is 0 Å². The maximum Gasteiger partial charge on any atom is 0.223 e. The van der Waals surface area contributed by atoms with Crippen LogP contribution in [0.15, 0.2) is 59.5 Å². The Hall–Kier alpha value is -1.85. The van der Waals surface area contributed by atoms with Crippen LogP contribution in [0.2, 0.25) is 0 Å². The van der Waals surface area contributed by atoms with E-state index in [0.29, 0.717) is 18.9 Å². The Labute approximate surface area is 164 Å². The van der Waals surface area contributed by atoms with Gasteiger partial charge in [0.2, 0.25) is 5.91 Å². The Morgan fingerprint density at radius 3 is 2.48 bits per heavy atom. The first-order valence-electron chi connectivity index (χ1n) is 9.48. The minimum atomic E-state index is -0.231. The van der Waals surface area contributed by atoms with Crippen molar-refractivity contribution in [2.45, 2.75) is 30.8 Å². The van der Waals surface area contributed by atoms with Crippen molar-refractivity contribution in [1.29, 1.82) is 0 Å². The summed E-state index contributed by atoms with van der Waals surface area (Å²) in [7, 11) is 0. The lowest BCUT2D eigenvalue weighted by Gasteiger charge is -2.32. The molecule has 5 heteroatoms. The second-order valence-corrected chi connectivity index (χ2v) is 8.05. The van der Waals surface area contributed by atoms with Crippen molar-refractivity contribution >= 4 is 17.7 Å². The first-order valence-corrected chi connectivity index (χ1v) is 10.5. The SMILES string of the molecule is O=C(CCSc1ccc(F)cc1)N1CCC(COCc2ccccc2)CC1. The van der Waals surface area contributed by atoms with Crippen molar-refractivity contribution in [3.8, 4) is 0 Å². The highest BCUT2D eigenvalue weighted by molar-refractivity contribution is 7.99. The number of likely N-dealkylation sites (tertiary alicyclic amines) is 1. The van der Waals surface area contributed by atoms with Gasteiger partial charge in [-0.2, -0.15) is 0 Å². The van der Waals surface area contributed by atoms with Crippen LogP contribution in [0.25, 0.3) is 0 Å². The molecule has 0 N–H and O–H groups in total. The molecular weight excluding hydrogens is 361 g/mol. The lowest BCUT2D eigenvalue weighted by molar-refractivity contribution is -0.132. The minimum absolute atomic E-state index is 0.216. The zero-order valence-corrected chi connectivity index (χ0v) is 16.3. The highest BCUT2D eigenvalue weighted by atomic mass is 32.2. The summed E-state index contributed by atoms with van der Waals surface area (Å²) in [6.45, 7) is 3.05. The number of ether oxygens (including phenoxy) is 1. The van der Waals surface area contributed by atoms with E-state index in [4.69, 9.17) is 4.74 Å². The van der Waals surface area contributed by atoms with Gasteiger partial charge in [-0.1, -0.05) is 30.3 Å². The molecule has 1 heterocycles. The molecule has 2 aromatic rings. The molecule has 2 aromatic carbocycles. The zero-order chi connectivity index (χ0) is 18.9. The third-order valence-electron chi connectivity index (χ3n) is 4.83. The van der Waals surface area contributed by atoms with Crippen molar-refractivity contribution in [1.82, 2.24) is 4.90 Å². The summed E-state index contributed by atoms with van der Waals surface area (Å²) in [5.41, 5.74) is 1.20. The van der Waals surface area contributed by atoms with Crippen LogP contribution in [0.3, 0.4) is 0 Å². The van der Waals surface area contributed by atoms with E-state index in [-0.39, 0.29) is 11.7 Å². The predicted octanol–water partition coefficient (Wildman–Crippen LogP) is 4.76. The van der Waals surface area contributed by atoms with Crippen molar-refractivity contribution in [3.05, 3.63) is 66.0 Å². The molecule has 0 aromatic heterocycles. The molecular formula is C22H26FNO2S. The van der Waals surface area contributed by atoms with Crippen LogP contribution in [0, 0.1) is 11.7 Å². The maximum absolute atomic E-state index is 12.9. The Kier molecular flexibility index (Phi) is 7.72. The number of piperidine rings is 1. The Balaban J connectivity index is 1.30. The van der Waals surface area contributed by atoms with Crippen LogP contribution in [0.4, 0.5) is 4.39 Å². The summed E-state index contributed by atoms with van der Waals surface area (Å²) in [6, 6.07) is 16.6. The van der Waals surface area contributed by atoms with E-state index in [2.05, 4.69) is 12.1 Å². The summed E-state index contributed by atoms with van der Waals surface area (Å²) in [5, 5.41) is 0. The first kappa shape index (κ1) is 19.9. The molecule has 1 amide bonds. The van der Waals surface area contributed by atoms with Crippen molar-refractivity contribution in [3.63, 3.8) is 0 Å². The van der Waals surface area contributed by atoms with Gasteiger partial charge < -0.3 is 9.64 Å². The monoisotopic (exact) mass is 387 g/mol. The number of hydrogen-bond donors (Lipinski definition) is 0. The summed E-state index contributed by atoms with van der Waals surface area (Å²) >= 11 is 1.60. The van der Waals surface area contributed by atoms with Crippen molar-refractivity contribution < 1.29 is 13.9 Å². The van der Waals surface area contributed by atoms with Gasteiger partial charge in [0.05, 0.1) is 6.61 Å². The van der Waals surface area contributed by atoms with Crippen LogP contribution >= 0.6 is 11.8 Å². The molecule has 1 fully saturated rings. The minimum Gasteiger partial charge on any atom is -0.376 e. The fourth-order valence-electron chi connectivity index (χ4n) is 3.21. The second-order valence-electron chi connectivity index (χ2n) is 6.88. The zero-order valence-electron chi connectivity index (χ0n) is 15.5. The van der Waals surface area contributed by atoms with Crippen molar-refractivity contribution in [2.24, 2.45) is 5.92 Å². The lowest BCUT2D eigenvalue weighted by atomic mass is 9.97. The Morgan fingerprint density at radius 1 is 1.07 bits per heavy atom. The number of benzene rings is 2. The number of hydrogen-bond acceptors (Lipinski definition) is 3. The molecule has 1 aliphatic heterocycles. The van der Waals surface area contributed by atoms with E-state index in [0.717, 1.165) is 43.2 Å². The van der Waals surface area contributed by atoms with E-state index < -0.39 is 0 Å². The van der Waals surface area contributed by atoms with Gasteiger partial charge in [-0.25, -0.2) is 4.39 Å². The molecule has 0 bridgehead atoms. The fourth-order valence-corrected chi connectivity index (χ4v) is 4.05. The molecule has 0 unspecified atom stereocenters. The molecule has 1 aliphatic rings. The molecule has 0 aliphatic carbocycles. The standard InChI is InChI=1S/C22H26FNO2S/c23-20-6-8-21(9-7-20)27-15-12-22(25)24-13-10-19(11-14-24)17-26-16-18-4-2-1-3-5-18/h1-9,19H,10-17H2. The van der Waals surface area contributed by atoms with Gasteiger partial charge in [-0.15, -0.1) is 11.8 Å². The number of halogens is 1. The Bertz CT molecular complexity index is 700. The molecule has 27 heavy (non-hydrogen) atoms. The third kappa shape index (κ3) is 6.67. The van der Waals surface area contributed by atoms with E-state index in [9.17, 15) is 9.18 Å². The highest BCUT2D eigenvalue weighted by Crippen LogP contribution is 2.22. The van der Waals surface area contributed by atoms with Gasteiger partial charge in [-0.05, 0) is 48.6 Å². The number of carbonyl (C=O) groups is 1. The van der Waals surface area contributed by atoms with Crippen LogP contribution in [0.1, 0.15) is 24.8 Å². The van der Waals surface area contributed by atoms with E-state index >= 15 is 0 Å². The fraction of sp³-hybridized carbons (Fsp3) is 0.409. The Morgan fingerprint density at radius 2 is 1.78 bits per heavy atom. The summed E-state index contributed by atoms with van der Waals surface area (Å²) < 4.78 is 18.7. The topological polar surface area (TPSA) is 29.5 Å². The molecule has 0 radical (unpaired) electrons. The van der Waals surface area contributed by atoms with Gasteiger partial charge in [0.15, 0.2) is 0 Å². The largest absolute Gasteiger partial charge is 0.376 e. The van der Waals surface area contributed by atoms with Crippen LogP contribution in [-0.4, -0.2) is 36.3 Å². The quantitative estimate of drug-likeness (QED) is 0.612. The maximum atomic E-state index is 12.9. The van der Waals surface area contributed by atoms with Crippen LogP contribution in [-0.2, 0) is 16.1 Å². The number of rotatable bonds is 8. The van der Waals surface area contributed by atoms with Crippen LogP contribution < -0.4 is 0 Å². The van der Waals surface area contributed by atoms with Gasteiger partial charge >= 0.3 is 0 Å². The number of nitrogens with zero attached hydrogens (tertiary/aromatic N) is 1. The van der Waals surface area contributed by atoms with Gasteiger partial charge in [0.1, 0.15) is 5.82 Å². The first-order chi connectivity index (χ1) is 13.2. The normalized spacial score (nSPS) is 15.1. The molecule has 1 saturated heterocycles. The number of thioether (sulfide) groups is 1. The summed E-state index contributed by atoms with van der Waals surface area (Å²) in [5.74, 6) is 1.25. The van der Waals surface area contributed by atoms with E-state index in [1.165, 1.54) is 17.7 Å². The van der Waals surface area contributed by atoms with Crippen molar-refractivity contribution in [2.75, 3.05) is 25.4 Å². The number of carbonyl (C=O) groups excluding carboxylic acids is 1. The predicted molar refractivity (Wildman–Crippen MR) is 107 cm³/mol. The molecule has 3 nitrogen and oxygen atoms in total. The average Bonchev–Trinajstić information content (AvgIpc) is 2.71. The molecule has 3 rings (SSSR count). The van der Waals surface area contributed by atoms with Gasteiger partial charge in [0, 0.05) is 36.8 Å². The second kappa shape index (κ2) is 10.5. The molecule has 144 valence electrons.